The Hall–Kier alpha value is -3.07. The first-order chi connectivity index (χ1) is 14.0. The number of carbonyl (C=O) groups excluding carboxylic acids is 1. The van der Waals surface area contributed by atoms with E-state index in [0.29, 0.717) is 41.5 Å². The summed E-state index contributed by atoms with van der Waals surface area (Å²) in [6.45, 7) is 0.363. The number of anilines is 1. The number of methoxy groups -OCH3 is 2. The molecule has 3 rings (SSSR count). The molecule has 29 heavy (non-hydrogen) atoms. The zero-order valence-corrected chi connectivity index (χ0v) is 17.0. The Morgan fingerprint density at radius 3 is 2.62 bits per heavy atom. The molecule has 0 saturated heterocycles. The number of nitrogen functional groups attached to an aromatic ring is 1. The number of carbonyl (C=O) groups is 1. The average Bonchev–Trinajstić information content (AvgIpc) is 3.23. The van der Waals surface area contributed by atoms with Gasteiger partial charge in [-0.1, -0.05) is 0 Å². The van der Waals surface area contributed by atoms with Crippen molar-refractivity contribution in [2.45, 2.75) is 6.42 Å². The second-order valence-corrected chi connectivity index (χ2v) is 6.78. The van der Waals surface area contributed by atoms with Crippen LogP contribution in [0.3, 0.4) is 0 Å². The van der Waals surface area contributed by atoms with Gasteiger partial charge < -0.3 is 19.9 Å². The summed E-state index contributed by atoms with van der Waals surface area (Å²) in [5, 5.41) is 0.202. The summed E-state index contributed by atoms with van der Waals surface area (Å²) in [6, 6.07) is 8.24. The third-order valence-electron chi connectivity index (χ3n) is 4.25. The molecular weight excluding hydrogens is 397 g/mol. The highest BCUT2D eigenvalue weighted by Gasteiger charge is 2.28. The summed E-state index contributed by atoms with van der Waals surface area (Å²) in [4.78, 5) is 20.3. The van der Waals surface area contributed by atoms with Crippen LogP contribution in [0.2, 0.25) is 0 Å². The number of nitrogens with zero attached hydrogens (tertiary/aromatic N) is 2. The van der Waals surface area contributed by atoms with Gasteiger partial charge in [-0.05, 0) is 36.6 Å². The van der Waals surface area contributed by atoms with E-state index in [1.807, 2.05) is 0 Å². The van der Waals surface area contributed by atoms with Gasteiger partial charge in [0.2, 0.25) is 0 Å². The van der Waals surface area contributed by atoms with Crippen molar-refractivity contribution >= 4 is 40.0 Å². The van der Waals surface area contributed by atoms with Gasteiger partial charge in [0.25, 0.3) is 0 Å². The van der Waals surface area contributed by atoms with Crippen molar-refractivity contribution in [1.29, 1.82) is 0 Å². The predicted molar refractivity (Wildman–Crippen MR) is 113 cm³/mol. The van der Waals surface area contributed by atoms with Crippen molar-refractivity contribution < 1.29 is 23.4 Å². The fraction of sp³-hybridized carbons (Fsp3) is 0.250. The molecule has 2 N–H and O–H groups in total. The lowest BCUT2D eigenvalue weighted by Gasteiger charge is -2.14. The van der Waals surface area contributed by atoms with Crippen LogP contribution in [0.1, 0.15) is 11.1 Å². The van der Waals surface area contributed by atoms with Gasteiger partial charge in [0, 0.05) is 23.2 Å². The standard InChI is InChI=1S/C20H20FN3O4S/c1-26-15-10-14(16(21)13-8-9-28-18(13)15)17(19(29-3)24-20(25)27-2)23-12-6-4-11(22)5-7-12/h4-7,10H,8-9,22H2,1-3H3. The molecule has 0 radical (unpaired) electrons. The molecule has 0 bridgehead atoms. The highest BCUT2D eigenvalue weighted by molar-refractivity contribution is 8.15. The molecule has 0 fully saturated rings. The van der Waals surface area contributed by atoms with Crippen molar-refractivity contribution in [3.8, 4) is 11.5 Å². The van der Waals surface area contributed by atoms with Crippen molar-refractivity contribution in [1.82, 2.24) is 0 Å². The quantitative estimate of drug-likeness (QED) is 0.459. The van der Waals surface area contributed by atoms with E-state index in [4.69, 9.17) is 15.2 Å². The van der Waals surface area contributed by atoms with Gasteiger partial charge in [-0.3, -0.25) is 0 Å². The second-order valence-electron chi connectivity index (χ2n) is 5.99. The molecule has 0 saturated carbocycles. The number of thioether (sulfide) groups is 1. The Balaban J connectivity index is 2.24. The molecule has 152 valence electrons. The van der Waals surface area contributed by atoms with E-state index >= 15 is 4.39 Å². The third kappa shape index (κ3) is 4.34. The first-order valence-electron chi connectivity index (χ1n) is 8.66. The van der Waals surface area contributed by atoms with Crippen LogP contribution >= 0.6 is 11.8 Å². The fourth-order valence-corrected chi connectivity index (χ4v) is 3.37. The Bertz CT molecular complexity index is 990. The van der Waals surface area contributed by atoms with Crippen LogP contribution < -0.4 is 15.2 Å². The van der Waals surface area contributed by atoms with Gasteiger partial charge in [-0.25, -0.2) is 14.2 Å². The van der Waals surface area contributed by atoms with Crippen LogP contribution in [0.4, 0.5) is 20.6 Å². The molecule has 0 spiro atoms. The molecule has 7 nitrogen and oxygen atoms in total. The van der Waals surface area contributed by atoms with E-state index in [9.17, 15) is 4.79 Å². The molecule has 2 aromatic carbocycles. The van der Waals surface area contributed by atoms with E-state index in [2.05, 4.69) is 14.7 Å². The number of halogens is 1. The molecule has 1 aliphatic heterocycles. The summed E-state index contributed by atoms with van der Waals surface area (Å²) in [5.74, 6) is 0.285. The number of nitrogens with two attached hydrogens (primary N) is 1. The van der Waals surface area contributed by atoms with E-state index in [1.165, 1.54) is 20.3 Å². The van der Waals surface area contributed by atoms with E-state index in [1.54, 1.807) is 30.5 Å². The summed E-state index contributed by atoms with van der Waals surface area (Å²) in [7, 11) is 2.70. The Morgan fingerprint density at radius 1 is 1.28 bits per heavy atom. The SMILES string of the molecule is COC(=O)N=C(SC)C(=Nc1ccc(N)cc1)c1cc(OC)c2c(c1F)CCO2. The predicted octanol–water partition coefficient (Wildman–Crippen LogP) is 4.00. The van der Waals surface area contributed by atoms with Crippen LogP contribution in [0, 0.1) is 5.82 Å². The van der Waals surface area contributed by atoms with Gasteiger partial charge in [0.05, 0.1) is 26.5 Å². The van der Waals surface area contributed by atoms with Gasteiger partial charge in [-0.2, -0.15) is 4.99 Å². The Morgan fingerprint density at radius 2 is 2.00 bits per heavy atom. The molecule has 0 atom stereocenters. The highest BCUT2D eigenvalue weighted by atomic mass is 32.2. The smallest absolute Gasteiger partial charge is 0.434 e. The lowest BCUT2D eigenvalue weighted by atomic mass is 10.0. The van der Waals surface area contributed by atoms with Crippen molar-refractivity contribution in [2.24, 2.45) is 9.98 Å². The number of ether oxygens (including phenoxy) is 3. The average molecular weight is 417 g/mol. The number of hydrogen-bond acceptors (Lipinski definition) is 7. The largest absolute Gasteiger partial charge is 0.493 e. The van der Waals surface area contributed by atoms with E-state index in [0.717, 1.165) is 11.8 Å². The summed E-state index contributed by atoms with van der Waals surface area (Å²) in [6.07, 6.45) is 1.31. The molecule has 0 aliphatic carbocycles. The van der Waals surface area contributed by atoms with E-state index < -0.39 is 11.9 Å². The molecule has 1 heterocycles. The first kappa shape index (κ1) is 20.7. The van der Waals surface area contributed by atoms with Crippen LogP contribution in [0.25, 0.3) is 0 Å². The van der Waals surface area contributed by atoms with Gasteiger partial charge in [0.1, 0.15) is 16.6 Å². The summed E-state index contributed by atoms with van der Waals surface area (Å²) < 4.78 is 30.9. The van der Waals surface area contributed by atoms with Crippen molar-refractivity contribution in [2.75, 3.05) is 32.8 Å². The van der Waals surface area contributed by atoms with Crippen molar-refractivity contribution in [3.63, 3.8) is 0 Å². The normalized spacial score (nSPS) is 13.7. The third-order valence-corrected chi connectivity index (χ3v) is 4.92. The van der Waals surface area contributed by atoms with Crippen LogP contribution in [-0.2, 0) is 11.2 Å². The number of hydrogen-bond donors (Lipinski definition) is 1. The van der Waals surface area contributed by atoms with Gasteiger partial charge in [-0.15, -0.1) is 11.8 Å². The highest BCUT2D eigenvalue weighted by Crippen LogP contribution is 2.40. The second kappa shape index (κ2) is 8.95. The monoisotopic (exact) mass is 417 g/mol. The number of benzene rings is 2. The zero-order valence-electron chi connectivity index (χ0n) is 16.2. The minimum Gasteiger partial charge on any atom is -0.493 e. The minimum absolute atomic E-state index is 0.153. The molecule has 1 amide bonds. The molecule has 9 heteroatoms. The number of rotatable bonds is 4. The first-order valence-corrected chi connectivity index (χ1v) is 9.88. The summed E-state index contributed by atoms with van der Waals surface area (Å²) >= 11 is 1.15. The van der Waals surface area contributed by atoms with Crippen molar-refractivity contribution in [3.05, 3.63) is 47.3 Å². The zero-order chi connectivity index (χ0) is 21.0. The number of amides is 1. The van der Waals surface area contributed by atoms with Gasteiger partial charge >= 0.3 is 6.09 Å². The molecule has 0 aromatic heterocycles. The maximum atomic E-state index is 15.4. The van der Waals surface area contributed by atoms with E-state index in [-0.39, 0.29) is 16.3 Å². The Kier molecular flexibility index (Phi) is 6.38. The lowest BCUT2D eigenvalue weighted by molar-refractivity contribution is 0.183. The van der Waals surface area contributed by atoms with Crippen LogP contribution in [0.15, 0.2) is 40.3 Å². The maximum Gasteiger partial charge on any atom is 0.434 e. The molecule has 0 unspecified atom stereocenters. The van der Waals surface area contributed by atoms with Gasteiger partial charge in [0.15, 0.2) is 11.5 Å². The maximum absolute atomic E-state index is 15.4. The van der Waals surface area contributed by atoms with Crippen LogP contribution in [0.5, 0.6) is 11.5 Å². The number of aliphatic imine (C=N–C) groups is 2. The lowest BCUT2D eigenvalue weighted by Crippen LogP contribution is -2.17. The Labute approximate surface area is 171 Å². The number of fused-ring (bicyclic) bond motifs is 1. The minimum atomic E-state index is -0.809. The molecular formula is C20H20FN3O4S. The topological polar surface area (TPSA) is 95.5 Å². The van der Waals surface area contributed by atoms with Crippen LogP contribution in [-0.4, -0.2) is 43.9 Å². The fourth-order valence-electron chi connectivity index (χ4n) is 2.86. The summed E-state index contributed by atoms with van der Waals surface area (Å²) in [5.41, 5.74) is 7.57. The molecule has 1 aliphatic rings. The molecule has 2 aromatic rings.